The number of amides is 2. The zero-order chi connectivity index (χ0) is 15.1. The molecule has 1 unspecified atom stereocenters. The van der Waals surface area contributed by atoms with E-state index in [0.29, 0.717) is 12.1 Å². The molecule has 1 aromatic rings. The molecule has 1 fully saturated rings. The van der Waals surface area contributed by atoms with E-state index in [1.54, 1.807) is 43.6 Å². The Kier molecular flexibility index (Phi) is 3.31. The zero-order valence-corrected chi connectivity index (χ0v) is 12.6. The second-order valence-electron chi connectivity index (χ2n) is 5.98. The molecule has 0 spiro atoms. The molecule has 7 heteroatoms. The van der Waals surface area contributed by atoms with Crippen LogP contribution in [0.25, 0.3) is 0 Å². The van der Waals surface area contributed by atoms with Crippen LogP contribution in [0.3, 0.4) is 0 Å². The number of aromatic nitrogens is 3. The number of aryl methyl sites for hydroxylation is 1. The van der Waals surface area contributed by atoms with Gasteiger partial charge in [-0.2, -0.15) is 0 Å². The molecule has 0 aliphatic carbocycles. The summed E-state index contributed by atoms with van der Waals surface area (Å²) < 4.78 is 1.58. The SMILES string of the molecule is CCC1(C)C(=O)NC(C)(C)C(=O)N1Cc1cn(C)nn1. The third-order valence-corrected chi connectivity index (χ3v) is 3.95. The van der Waals surface area contributed by atoms with E-state index in [0.717, 1.165) is 0 Å². The molecule has 0 bridgehead atoms. The maximum absolute atomic E-state index is 12.6. The summed E-state index contributed by atoms with van der Waals surface area (Å²) >= 11 is 0. The molecule has 0 aromatic carbocycles. The largest absolute Gasteiger partial charge is 0.340 e. The lowest BCUT2D eigenvalue weighted by molar-refractivity contribution is -0.162. The summed E-state index contributed by atoms with van der Waals surface area (Å²) in [4.78, 5) is 26.6. The maximum atomic E-state index is 12.6. The number of piperazine rings is 1. The fraction of sp³-hybridized carbons (Fsp3) is 0.692. The Balaban J connectivity index is 2.38. The summed E-state index contributed by atoms with van der Waals surface area (Å²) in [6, 6.07) is 0. The average Bonchev–Trinajstić information content (AvgIpc) is 2.77. The molecule has 110 valence electrons. The van der Waals surface area contributed by atoms with Gasteiger partial charge in [-0.15, -0.1) is 5.10 Å². The van der Waals surface area contributed by atoms with E-state index in [4.69, 9.17) is 0 Å². The van der Waals surface area contributed by atoms with Gasteiger partial charge in [0.2, 0.25) is 11.8 Å². The van der Waals surface area contributed by atoms with Gasteiger partial charge in [-0.3, -0.25) is 14.3 Å². The van der Waals surface area contributed by atoms with Crippen molar-refractivity contribution in [2.45, 2.75) is 51.7 Å². The number of nitrogens with one attached hydrogen (secondary N) is 1. The number of carbonyl (C=O) groups is 2. The molecule has 1 saturated heterocycles. The molecule has 1 aliphatic heterocycles. The van der Waals surface area contributed by atoms with Crippen molar-refractivity contribution in [3.63, 3.8) is 0 Å². The summed E-state index contributed by atoms with van der Waals surface area (Å²) in [5, 5.41) is 10.7. The molecule has 2 rings (SSSR count). The monoisotopic (exact) mass is 279 g/mol. The normalized spacial score (nSPS) is 25.8. The number of hydrogen-bond acceptors (Lipinski definition) is 4. The zero-order valence-electron chi connectivity index (χ0n) is 12.6. The number of nitrogens with zero attached hydrogens (tertiary/aromatic N) is 4. The molecule has 0 radical (unpaired) electrons. The van der Waals surface area contributed by atoms with Gasteiger partial charge in [-0.25, -0.2) is 0 Å². The van der Waals surface area contributed by atoms with Crippen LogP contribution in [0.1, 0.15) is 39.8 Å². The average molecular weight is 279 g/mol. The highest BCUT2D eigenvalue weighted by Crippen LogP contribution is 2.30. The standard InChI is InChI=1S/C13H21N5O2/c1-6-13(4)10(19)14-12(2,3)11(20)18(13)8-9-7-17(5)16-15-9/h7H,6,8H2,1-5H3,(H,14,19). The Hall–Kier alpha value is -1.92. The first kappa shape index (κ1) is 14.5. The van der Waals surface area contributed by atoms with E-state index in [-0.39, 0.29) is 18.4 Å². The highest BCUT2D eigenvalue weighted by Gasteiger charge is 2.51. The van der Waals surface area contributed by atoms with Crippen molar-refractivity contribution in [3.05, 3.63) is 11.9 Å². The van der Waals surface area contributed by atoms with E-state index in [1.165, 1.54) is 0 Å². The van der Waals surface area contributed by atoms with Gasteiger partial charge in [-0.1, -0.05) is 12.1 Å². The first-order valence-electron chi connectivity index (χ1n) is 6.70. The van der Waals surface area contributed by atoms with Gasteiger partial charge >= 0.3 is 0 Å². The van der Waals surface area contributed by atoms with Crippen molar-refractivity contribution >= 4 is 11.8 Å². The Labute approximate surface area is 118 Å². The fourth-order valence-corrected chi connectivity index (χ4v) is 2.38. The second-order valence-corrected chi connectivity index (χ2v) is 5.98. The number of hydrogen-bond donors (Lipinski definition) is 1. The molecule has 20 heavy (non-hydrogen) atoms. The van der Waals surface area contributed by atoms with Gasteiger partial charge in [0.05, 0.1) is 6.54 Å². The quantitative estimate of drug-likeness (QED) is 0.858. The van der Waals surface area contributed by atoms with E-state index in [2.05, 4.69) is 15.6 Å². The molecule has 2 heterocycles. The van der Waals surface area contributed by atoms with Crippen LogP contribution in [-0.2, 0) is 23.2 Å². The predicted octanol–water partition coefficient (Wildman–Crippen LogP) is 0.221. The van der Waals surface area contributed by atoms with Crippen LogP contribution < -0.4 is 5.32 Å². The minimum absolute atomic E-state index is 0.105. The van der Waals surface area contributed by atoms with Crippen LogP contribution >= 0.6 is 0 Å². The minimum atomic E-state index is -0.895. The number of rotatable bonds is 3. The lowest BCUT2D eigenvalue weighted by Gasteiger charge is -2.48. The molecule has 1 atom stereocenters. The molecule has 2 amide bonds. The van der Waals surface area contributed by atoms with E-state index in [1.807, 2.05) is 6.92 Å². The summed E-state index contributed by atoms with van der Waals surface area (Å²) in [6.45, 7) is 7.40. The van der Waals surface area contributed by atoms with Crippen molar-refractivity contribution in [1.29, 1.82) is 0 Å². The van der Waals surface area contributed by atoms with Crippen LogP contribution in [0.2, 0.25) is 0 Å². The van der Waals surface area contributed by atoms with E-state index >= 15 is 0 Å². The van der Waals surface area contributed by atoms with E-state index < -0.39 is 11.1 Å². The third-order valence-electron chi connectivity index (χ3n) is 3.95. The molecule has 7 nitrogen and oxygen atoms in total. The van der Waals surface area contributed by atoms with Crippen molar-refractivity contribution in [1.82, 2.24) is 25.2 Å². The molecular formula is C13H21N5O2. The topological polar surface area (TPSA) is 80.1 Å². The highest BCUT2D eigenvalue weighted by atomic mass is 16.2. The molecule has 1 N–H and O–H groups in total. The summed E-state index contributed by atoms with van der Waals surface area (Å²) in [7, 11) is 1.77. The van der Waals surface area contributed by atoms with Gasteiger partial charge in [0.1, 0.15) is 16.8 Å². The van der Waals surface area contributed by atoms with Crippen molar-refractivity contribution in [2.24, 2.45) is 7.05 Å². The van der Waals surface area contributed by atoms with Crippen molar-refractivity contribution in [2.75, 3.05) is 0 Å². The van der Waals surface area contributed by atoms with E-state index in [9.17, 15) is 9.59 Å². The molecular weight excluding hydrogens is 258 g/mol. The smallest absolute Gasteiger partial charge is 0.248 e. The van der Waals surface area contributed by atoms with Crippen LogP contribution in [0.15, 0.2) is 6.20 Å². The van der Waals surface area contributed by atoms with Gasteiger partial charge < -0.3 is 10.2 Å². The second kappa shape index (κ2) is 4.57. The first-order chi connectivity index (χ1) is 9.20. The van der Waals surface area contributed by atoms with Crippen molar-refractivity contribution < 1.29 is 9.59 Å². The lowest BCUT2D eigenvalue weighted by atomic mass is 9.86. The Morgan fingerprint density at radius 1 is 1.30 bits per heavy atom. The van der Waals surface area contributed by atoms with Crippen LogP contribution in [0.4, 0.5) is 0 Å². The van der Waals surface area contributed by atoms with Gasteiger partial charge in [0, 0.05) is 13.2 Å². The lowest BCUT2D eigenvalue weighted by Crippen LogP contribution is -2.72. The van der Waals surface area contributed by atoms with Gasteiger partial charge in [-0.05, 0) is 27.2 Å². The van der Waals surface area contributed by atoms with Crippen LogP contribution in [-0.4, -0.2) is 42.8 Å². The Bertz CT molecular complexity index is 551. The summed E-state index contributed by atoms with van der Waals surface area (Å²) in [6.07, 6.45) is 2.30. The molecule has 1 aromatic heterocycles. The maximum Gasteiger partial charge on any atom is 0.248 e. The first-order valence-corrected chi connectivity index (χ1v) is 6.70. The Morgan fingerprint density at radius 2 is 1.95 bits per heavy atom. The predicted molar refractivity (Wildman–Crippen MR) is 72.5 cm³/mol. The van der Waals surface area contributed by atoms with Gasteiger partial charge in [0.15, 0.2) is 0 Å². The summed E-state index contributed by atoms with van der Waals surface area (Å²) in [5.41, 5.74) is -1.08. The summed E-state index contributed by atoms with van der Waals surface area (Å²) in [5.74, 6) is -0.236. The highest BCUT2D eigenvalue weighted by molar-refractivity contribution is 6.01. The fourth-order valence-electron chi connectivity index (χ4n) is 2.38. The van der Waals surface area contributed by atoms with Crippen LogP contribution in [0.5, 0.6) is 0 Å². The molecule has 1 aliphatic rings. The van der Waals surface area contributed by atoms with Crippen molar-refractivity contribution in [3.8, 4) is 0 Å². The van der Waals surface area contributed by atoms with Gasteiger partial charge in [0.25, 0.3) is 0 Å². The number of carbonyl (C=O) groups excluding carboxylic acids is 2. The molecule has 0 saturated carbocycles. The minimum Gasteiger partial charge on any atom is -0.340 e. The van der Waals surface area contributed by atoms with Crippen LogP contribution in [0, 0.1) is 0 Å². The third kappa shape index (κ3) is 2.17. The Morgan fingerprint density at radius 3 is 2.45 bits per heavy atom.